The Hall–Kier alpha value is -0.456. The minimum atomic E-state index is -7.29. The number of halogens is 11. The van der Waals surface area contributed by atoms with Crippen LogP contribution in [0.2, 0.25) is 26.2 Å². The zero-order valence-electron chi connectivity index (χ0n) is 19.0. The largest absolute Gasteiger partial charge is 0.462 e. The molecule has 213 valence electrons. The molecule has 0 saturated carbocycles. The van der Waals surface area contributed by atoms with Crippen LogP contribution in [0.25, 0.3) is 0 Å². The number of hydrogen-bond acceptors (Lipinski definition) is 7. The van der Waals surface area contributed by atoms with Gasteiger partial charge in [-0.3, -0.25) is 9.53 Å². The van der Waals surface area contributed by atoms with E-state index in [4.69, 9.17) is 20.6 Å². The number of carbonyl (C=O) groups excluding carboxylic acids is 1. The molecule has 8 nitrogen and oxygen atoms in total. The third-order valence-electron chi connectivity index (χ3n) is 4.21. The van der Waals surface area contributed by atoms with Crippen LogP contribution < -0.4 is 0 Å². The molecule has 1 rings (SSSR count). The zero-order chi connectivity index (χ0) is 28.5. The van der Waals surface area contributed by atoms with Gasteiger partial charge in [-0.15, -0.1) is 0 Å². The van der Waals surface area contributed by atoms with Crippen molar-refractivity contribution in [3.63, 3.8) is 0 Å². The van der Waals surface area contributed by atoms with E-state index in [1.165, 1.54) is 19.6 Å². The van der Waals surface area contributed by atoms with Gasteiger partial charge in [0.05, 0.1) is 6.17 Å². The summed E-state index contributed by atoms with van der Waals surface area (Å²) < 4.78 is 175. The highest BCUT2D eigenvalue weighted by Crippen LogP contribution is 2.51. The molecule has 1 fully saturated rings. The van der Waals surface area contributed by atoms with Crippen molar-refractivity contribution in [2.45, 2.75) is 56.4 Å². The molecule has 24 heteroatoms. The van der Waals surface area contributed by atoms with Crippen molar-refractivity contribution < 1.29 is 78.4 Å². The van der Waals surface area contributed by atoms with E-state index in [9.17, 15) is 53.1 Å². The number of hydrogen-bond donors (Lipinski definition) is 0. The Kier molecular flexibility index (Phi) is 10.6. The van der Waals surface area contributed by atoms with Crippen molar-refractivity contribution in [2.75, 3.05) is 13.2 Å². The van der Waals surface area contributed by atoms with Crippen LogP contribution in [-0.2, 0) is 30.1 Å². The maximum absolute atomic E-state index is 14.7. The predicted octanol–water partition coefficient (Wildman–Crippen LogP) is 2.01. The molecule has 1 heterocycles. The minimum Gasteiger partial charge on any atom is -0.420 e. The van der Waals surface area contributed by atoms with Gasteiger partial charge in [0.1, 0.15) is 0 Å². The number of carbonyl (C=O) groups is 1. The minimum absolute atomic E-state index is 0.209. The van der Waals surface area contributed by atoms with Crippen LogP contribution >= 0.6 is 0 Å². The Morgan fingerprint density at radius 1 is 0.861 bits per heavy atom. The van der Waals surface area contributed by atoms with Gasteiger partial charge in [-0.1, -0.05) is 0 Å². The van der Waals surface area contributed by atoms with E-state index in [1.807, 2.05) is 0 Å². The van der Waals surface area contributed by atoms with Crippen molar-refractivity contribution in [3.8, 4) is 0 Å². The molecule has 1 radical (unpaired) electrons. The van der Waals surface area contributed by atoms with Gasteiger partial charge in [-0.2, -0.15) is 48.3 Å². The van der Waals surface area contributed by atoms with Crippen LogP contribution in [0.1, 0.15) is 0 Å². The summed E-state index contributed by atoms with van der Waals surface area (Å²) in [5, 5.41) is 0. The standard InChI is InChI=1S/C12H21F11NO7Si5/c1-24(6-36(5)30-34(3)28-32-27-33(2)29-35(4)31-36)7(25)8(13,10(16,17)18)26-12(22,23)9(14,15)11(19,20)21/h32-35H,6H2,1-5H3. The number of amides is 1. The monoisotopic (exact) mass is 640 g/mol. The summed E-state index contributed by atoms with van der Waals surface area (Å²) in [6.45, 7) is 5.72. The van der Waals surface area contributed by atoms with Crippen LogP contribution in [0.5, 0.6) is 0 Å². The van der Waals surface area contributed by atoms with Gasteiger partial charge in [0.2, 0.25) is 0 Å². The van der Waals surface area contributed by atoms with E-state index in [2.05, 4.69) is 4.74 Å². The van der Waals surface area contributed by atoms with Crippen LogP contribution in [0, 0.1) is 0 Å². The Morgan fingerprint density at radius 3 is 1.81 bits per heavy atom. The Balaban J connectivity index is 3.31. The lowest BCUT2D eigenvalue weighted by molar-refractivity contribution is -0.473. The second-order valence-electron chi connectivity index (χ2n) is 7.52. The quantitative estimate of drug-likeness (QED) is 0.325. The highest BCUT2D eigenvalue weighted by molar-refractivity contribution is 6.79. The number of rotatable bonds is 6. The third-order valence-corrected chi connectivity index (χ3v) is 18.9. The summed E-state index contributed by atoms with van der Waals surface area (Å²) >= 11 is 0. The van der Waals surface area contributed by atoms with Crippen molar-refractivity contribution in [1.29, 1.82) is 0 Å². The van der Waals surface area contributed by atoms with Gasteiger partial charge in [0, 0.05) is 7.05 Å². The zero-order valence-corrected chi connectivity index (χ0v) is 24.6. The van der Waals surface area contributed by atoms with Gasteiger partial charge in [-0.25, -0.2) is 0 Å². The second-order valence-corrected chi connectivity index (χ2v) is 18.9. The summed E-state index contributed by atoms with van der Waals surface area (Å²) in [6, 6.07) is 0. The molecule has 0 aromatic carbocycles. The van der Waals surface area contributed by atoms with E-state index in [0.29, 0.717) is 7.05 Å². The van der Waals surface area contributed by atoms with E-state index >= 15 is 0 Å². The smallest absolute Gasteiger partial charge is 0.420 e. The molecule has 0 aliphatic carbocycles. The van der Waals surface area contributed by atoms with Crippen molar-refractivity contribution in [1.82, 2.24) is 4.90 Å². The molecule has 1 saturated heterocycles. The molecular weight excluding hydrogens is 620 g/mol. The fourth-order valence-corrected chi connectivity index (χ4v) is 17.2. The van der Waals surface area contributed by atoms with Gasteiger partial charge in [-0.05, 0) is 26.2 Å². The van der Waals surface area contributed by atoms with Crippen LogP contribution in [0.3, 0.4) is 0 Å². The van der Waals surface area contributed by atoms with Gasteiger partial charge < -0.3 is 25.5 Å². The molecule has 0 bridgehead atoms. The summed E-state index contributed by atoms with van der Waals surface area (Å²) in [5.41, 5.74) is 0. The molecule has 0 aromatic rings. The molecule has 0 spiro atoms. The highest BCUT2D eigenvalue weighted by atomic mass is 28.5. The van der Waals surface area contributed by atoms with Gasteiger partial charge in [0.15, 0.2) is 0 Å². The topological polar surface area (TPSA) is 75.7 Å². The van der Waals surface area contributed by atoms with E-state index < -0.39 is 88.7 Å². The van der Waals surface area contributed by atoms with Gasteiger partial charge >= 0.3 is 48.8 Å². The van der Waals surface area contributed by atoms with Crippen LogP contribution in [-0.4, -0.2) is 101 Å². The normalized spacial score (nSPS) is 29.4. The molecule has 1 amide bonds. The Labute approximate surface area is 205 Å². The summed E-state index contributed by atoms with van der Waals surface area (Å²) in [7, 11) is -12.0. The Bertz CT molecular complexity index is 781. The lowest BCUT2D eigenvalue weighted by Gasteiger charge is -2.39. The highest BCUT2D eigenvalue weighted by Gasteiger charge is 2.80. The van der Waals surface area contributed by atoms with Crippen molar-refractivity contribution in [2.24, 2.45) is 0 Å². The first-order chi connectivity index (χ1) is 15.9. The lowest BCUT2D eigenvalue weighted by atomic mass is 10.2. The maximum Gasteiger partial charge on any atom is 0.462 e. The molecule has 0 N–H and O–H groups in total. The molecule has 36 heavy (non-hydrogen) atoms. The number of likely N-dealkylation sites (N-methyl/N-ethyl adjacent to an activating group) is 1. The van der Waals surface area contributed by atoms with Crippen molar-refractivity contribution in [3.05, 3.63) is 0 Å². The summed E-state index contributed by atoms with van der Waals surface area (Å²) in [4.78, 5) is 12.1. The van der Waals surface area contributed by atoms with Crippen molar-refractivity contribution >= 4 is 52.3 Å². The first-order valence-corrected chi connectivity index (χ1v) is 19.3. The molecule has 1 aliphatic rings. The number of ether oxygens (including phenoxy) is 1. The van der Waals surface area contributed by atoms with Crippen LogP contribution in [0.4, 0.5) is 48.3 Å². The summed E-state index contributed by atoms with van der Waals surface area (Å²) in [5.74, 6) is -16.6. The molecule has 5 unspecified atom stereocenters. The lowest BCUT2D eigenvalue weighted by Crippen LogP contribution is -2.65. The maximum atomic E-state index is 14.7. The second kappa shape index (κ2) is 11.3. The van der Waals surface area contributed by atoms with E-state index in [1.54, 1.807) is 6.55 Å². The molecule has 5 atom stereocenters. The Morgan fingerprint density at radius 2 is 1.33 bits per heavy atom. The third kappa shape index (κ3) is 7.79. The molecular formula is C12H21F11NO7Si5. The average molecular weight is 641 g/mol. The predicted molar refractivity (Wildman–Crippen MR) is 108 cm³/mol. The fraction of sp³-hybridized carbons (Fsp3) is 0.917. The van der Waals surface area contributed by atoms with Gasteiger partial charge in [0.25, 0.3) is 33.8 Å². The summed E-state index contributed by atoms with van der Waals surface area (Å²) in [6.07, 6.45) is -22.1. The fourth-order valence-electron chi connectivity index (χ4n) is 2.73. The number of nitrogens with zero attached hydrogens (tertiary/aromatic N) is 1. The average Bonchev–Trinajstić information content (AvgIpc) is 2.63. The van der Waals surface area contributed by atoms with E-state index in [0.717, 1.165) is 0 Å². The van der Waals surface area contributed by atoms with E-state index in [-0.39, 0.29) is 4.90 Å². The first kappa shape index (κ1) is 33.6. The van der Waals surface area contributed by atoms with Crippen LogP contribution in [0.15, 0.2) is 0 Å². The SMILES string of the molecule is CN(C[Si]1(C)O[SiH](C)O[SiH]O[SiH](C)O[SiH](C)O1)C(=O)C(F)(OC(F)(F)C(F)(F)C(F)(F)F)C(F)(F)F. The molecule has 1 aliphatic heterocycles. The molecule has 0 aromatic heterocycles. The number of alkyl halides is 11. The first-order valence-electron chi connectivity index (χ1n) is 9.56.